The average molecular weight is 536 g/mol. The lowest BCUT2D eigenvalue weighted by molar-refractivity contribution is 0.0255. The van der Waals surface area contributed by atoms with Crippen LogP contribution in [0.4, 0.5) is 8.78 Å². The van der Waals surface area contributed by atoms with Gasteiger partial charge in [0.1, 0.15) is 25.1 Å². The molecule has 194 valence electrons. The maximum atomic E-state index is 15.5. The van der Waals surface area contributed by atoms with E-state index in [-0.39, 0.29) is 36.0 Å². The molecule has 0 unspecified atom stereocenters. The molecule has 1 fully saturated rings. The van der Waals surface area contributed by atoms with Crippen molar-refractivity contribution >= 4 is 17.7 Å². The number of rotatable bonds is 0. The molecule has 2 aromatic carbocycles. The SMILES string of the molecule is O=C1c2c(O)c(=O)ccn2N2CN1C1(/C=C/COc3cc(F)c(F)c4c3[C@@H]2c2ccccc2SC4)CCC1. The Labute approximate surface area is 220 Å². The third-order valence-electron chi connectivity index (χ3n) is 8.06. The van der Waals surface area contributed by atoms with Crippen molar-refractivity contribution in [3.8, 4) is 11.5 Å². The molecule has 1 aromatic heterocycles. The largest absolute Gasteiger partial charge is 0.502 e. The van der Waals surface area contributed by atoms with Gasteiger partial charge in [-0.05, 0) is 37.0 Å². The minimum absolute atomic E-state index is 0.0972. The first-order valence-electron chi connectivity index (χ1n) is 12.5. The number of halogens is 2. The maximum absolute atomic E-state index is 15.5. The first-order chi connectivity index (χ1) is 18.4. The summed E-state index contributed by atoms with van der Waals surface area (Å²) < 4.78 is 37.9. The number of hydrogen-bond donors (Lipinski definition) is 1. The van der Waals surface area contributed by atoms with E-state index in [0.29, 0.717) is 18.4 Å². The van der Waals surface area contributed by atoms with Crippen LogP contribution in [0.5, 0.6) is 11.5 Å². The van der Waals surface area contributed by atoms with Crippen molar-refractivity contribution in [1.29, 1.82) is 0 Å². The smallest absolute Gasteiger partial charge is 0.278 e. The summed E-state index contributed by atoms with van der Waals surface area (Å²) in [6, 6.07) is 9.19. The molecule has 1 atom stereocenters. The molecule has 2 bridgehead atoms. The Morgan fingerprint density at radius 1 is 1.13 bits per heavy atom. The quantitative estimate of drug-likeness (QED) is 0.429. The van der Waals surface area contributed by atoms with Crippen molar-refractivity contribution in [1.82, 2.24) is 9.58 Å². The summed E-state index contributed by atoms with van der Waals surface area (Å²) in [5, 5.41) is 12.7. The fourth-order valence-electron chi connectivity index (χ4n) is 6.04. The Morgan fingerprint density at radius 3 is 2.74 bits per heavy atom. The molecule has 1 spiro atoms. The first kappa shape index (κ1) is 23.3. The van der Waals surface area contributed by atoms with Gasteiger partial charge in [-0.3, -0.25) is 19.3 Å². The zero-order valence-corrected chi connectivity index (χ0v) is 21.0. The van der Waals surface area contributed by atoms with Gasteiger partial charge in [0.15, 0.2) is 23.1 Å². The number of pyridine rings is 1. The molecule has 1 aliphatic carbocycles. The minimum Gasteiger partial charge on any atom is -0.502 e. The van der Waals surface area contributed by atoms with Crippen molar-refractivity contribution in [2.45, 2.75) is 41.5 Å². The number of hydrogen-bond acceptors (Lipinski definition) is 6. The van der Waals surface area contributed by atoms with Gasteiger partial charge in [-0.2, -0.15) is 0 Å². The summed E-state index contributed by atoms with van der Waals surface area (Å²) in [5.41, 5.74) is 0.0186. The predicted molar refractivity (Wildman–Crippen MR) is 137 cm³/mol. The normalized spacial score (nSPS) is 21.7. The van der Waals surface area contributed by atoms with E-state index in [1.165, 1.54) is 28.7 Å². The van der Waals surface area contributed by atoms with Crippen LogP contribution in [0.1, 0.15) is 52.5 Å². The van der Waals surface area contributed by atoms with Crippen LogP contribution in [0, 0.1) is 11.6 Å². The highest BCUT2D eigenvalue weighted by Crippen LogP contribution is 2.49. The Kier molecular flexibility index (Phi) is 5.13. The summed E-state index contributed by atoms with van der Waals surface area (Å²) in [6.07, 6.45) is 7.51. The van der Waals surface area contributed by atoms with E-state index in [4.69, 9.17) is 4.74 Å². The molecular weight excluding hydrogens is 512 g/mol. The molecular formula is C28H23F2N3O4S. The van der Waals surface area contributed by atoms with Crippen molar-refractivity contribution in [3.05, 3.63) is 99.0 Å². The fraction of sp³-hybridized carbons (Fsp3) is 0.286. The highest BCUT2D eigenvalue weighted by molar-refractivity contribution is 7.98. The van der Waals surface area contributed by atoms with Gasteiger partial charge in [0.2, 0.25) is 5.43 Å². The number of nitrogens with zero attached hydrogens (tertiary/aromatic N) is 3. The molecule has 7 rings (SSSR count). The number of benzene rings is 2. The van der Waals surface area contributed by atoms with Gasteiger partial charge >= 0.3 is 0 Å². The van der Waals surface area contributed by atoms with E-state index in [2.05, 4.69) is 0 Å². The Morgan fingerprint density at radius 2 is 1.95 bits per heavy atom. The topological polar surface area (TPSA) is 75.0 Å². The second-order valence-corrected chi connectivity index (χ2v) is 11.0. The van der Waals surface area contributed by atoms with Gasteiger partial charge in [0.05, 0.1) is 5.54 Å². The van der Waals surface area contributed by atoms with E-state index in [9.17, 15) is 19.1 Å². The number of fused-ring (bicyclic) bond motifs is 8. The summed E-state index contributed by atoms with van der Waals surface area (Å²) in [4.78, 5) is 29.0. The van der Waals surface area contributed by atoms with Crippen LogP contribution in [0.3, 0.4) is 0 Å². The molecule has 10 heteroatoms. The second kappa shape index (κ2) is 8.36. The van der Waals surface area contributed by atoms with Crippen molar-refractivity contribution in [2.75, 3.05) is 18.3 Å². The number of carbonyl (C=O) groups is 1. The Bertz CT molecular complexity index is 1600. The third kappa shape index (κ3) is 3.19. The van der Waals surface area contributed by atoms with Crippen LogP contribution in [0.25, 0.3) is 0 Å². The molecule has 1 amide bonds. The molecule has 3 aromatic rings. The van der Waals surface area contributed by atoms with Gasteiger partial charge < -0.3 is 14.7 Å². The lowest BCUT2D eigenvalue weighted by Crippen LogP contribution is -2.64. The van der Waals surface area contributed by atoms with E-state index < -0.39 is 40.3 Å². The van der Waals surface area contributed by atoms with Gasteiger partial charge in [0, 0.05) is 40.1 Å². The lowest BCUT2D eigenvalue weighted by atomic mass is 9.74. The zero-order valence-electron chi connectivity index (χ0n) is 20.2. The number of amides is 1. The summed E-state index contributed by atoms with van der Waals surface area (Å²) in [5.74, 6) is -2.63. The molecule has 1 N–H and O–H groups in total. The highest BCUT2D eigenvalue weighted by Gasteiger charge is 2.49. The number of carbonyl (C=O) groups excluding carboxylic acids is 1. The van der Waals surface area contributed by atoms with Gasteiger partial charge in [-0.1, -0.05) is 24.3 Å². The zero-order chi connectivity index (χ0) is 26.2. The second-order valence-electron chi connectivity index (χ2n) is 10.00. The van der Waals surface area contributed by atoms with Crippen molar-refractivity contribution in [3.63, 3.8) is 0 Å². The van der Waals surface area contributed by atoms with Crippen molar-refractivity contribution in [2.24, 2.45) is 0 Å². The van der Waals surface area contributed by atoms with E-state index in [1.807, 2.05) is 35.4 Å². The molecule has 4 heterocycles. The lowest BCUT2D eigenvalue weighted by Gasteiger charge is -2.54. The van der Waals surface area contributed by atoms with Gasteiger partial charge in [-0.25, -0.2) is 8.78 Å². The monoisotopic (exact) mass is 535 g/mol. The van der Waals surface area contributed by atoms with E-state index in [0.717, 1.165) is 22.9 Å². The predicted octanol–water partition coefficient (Wildman–Crippen LogP) is 4.45. The Hall–Kier alpha value is -3.79. The molecule has 4 aliphatic rings. The molecule has 3 aliphatic heterocycles. The van der Waals surface area contributed by atoms with Crippen LogP contribution in [-0.2, 0) is 5.75 Å². The number of aromatic nitrogens is 1. The highest BCUT2D eigenvalue weighted by atomic mass is 32.2. The average Bonchev–Trinajstić information content (AvgIpc) is 3.07. The summed E-state index contributed by atoms with van der Waals surface area (Å²) in [7, 11) is 0. The Balaban J connectivity index is 1.58. The maximum Gasteiger partial charge on any atom is 0.278 e. The molecule has 1 saturated carbocycles. The van der Waals surface area contributed by atoms with Gasteiger partial charge in [-0.15, -0.1) is 11.8 Å². The van der Waals surface area contributed by atoms with E-state index >= 15 is 4.39 Å². The van der Waals surface area contributed by atoms with Crippen LogP contribution in [0.15, 0.2) is 64.4 Å². The molecule has 38 heavy (non-hydrogen) atoms. The standard InChI is InChI=1S/C28H23F2N3O4S/c29-18-13-20-22-17(23(18)30)14-38-21-6-2-1-5-16(21)24(22)33-15-31(28(8-3-9-28)10-4-12-37-20)27(36)25-26(35)19(34)7-11-32(25)33/h1-2,4-7,10-11,13,24,35H,3,8-9,12,14-15H2/b10-4+/t24-/m0/s1. The first-order valence-corrected chi connectivity index (χ1v) is 13.4. The van der Waals surface area contributed by atoms with Crippen LogP contribution < -0.4 is 15.2 Å². The van der Waals surface area contributed by atoms with Crippen LogP contribution >= 0.6 is 11.8 Å². The fourth-order valence-corrected chi connectivity index (χ4v) is 7.14. The summed E-state index contributed by atoms with van der Waals surface area (Å²) >= 11 is 1.40. The number of ether oxygens (including phenoxy) is 1. The van der Waals surface area contributed by atoms with Crippen LogP contribution in [0.2, 0.25) is 0 Å². The van der Waals surface area contributed by atoms with Gasteiger partial charge in [0.25, 0.3) is 5.91 Å². The number of thioether (sulfide) groups is 1. The third-order valence-corrected chi connectivity index (χ3v) is 9.18. The van der Waals surface area contributed by atoms with Crippen molar-refractivity contribution < 1.29 is 23.4 Å². The number of aromatic hydroxyl groups is 1. The minimum atomic E-state index is -0.990. The summed E-state index contributed by atoms with van der Waals surface area (Å²) in [6.45, 7) is 0.207. The van der Waals surface area contributed by atoms with E-state index in [1.54, 1.807) is 11.0 Å². The molecule has 0 radical (unpaired) electrons. The molecule has 7 nitrogen and oxygen atoms in total. The molecule has 0 saturated heterocycles. The van der Waals surface area contributed by atoms with Crippen LogP contribution in [-0.4, -0.2) is 39.4 Å².